The number of hydrogen-bond acceptors (Lipinski definition) is 5. The van der Waals surface area contributed by atoms with Crippen LogP contribution in [0.15, 0.2) is 29.0 Å². The summed E-state index contributed by atoms with van der Waals surface area (Å²) in [6, 6.07) is 6.01. The summed E-state index contributed by atoms with van der Waals surface area (Å²) >= 11 is 3.49. The zero-order valence-corrected chi connectivity index (χ0v) is 16.8. The van der Waals surface area contributed by atoms with E-state index in [0.29, 0.717) is 12.5 Å². The van der Waals surface area contributed by atoms with Crippen LogP contribution >= 0.6 is 22.7 Å². The van der Waals surface area contributed by atoms with Crippen molar-refractivity contribution in [1.29, 1.82) is 0 Å². The summed E-state index contributed by atoms with van der Waals surface area (Å²) in [6.07, 6.45) is 1.85. The summed E-state index contributed by atoms with van der Waals surface area (Å²) < 4.78 is 0. The van der Waals surface area contributed by atoms with Gasteiger partial charge in [-0.25, -0.2) is 4.79 Å². The van der Waals surface area contributed by atoms with E-state index in [2.05, 4.69) is 52.3 Å². The number of nitrogens with one attached hydrogen (secondary N) is 2. The largest absolute Gasteiger partial charge is 0.338 e. The third-order valence-electron chi connectivity index (χ3n) is 4.49. The Hall–Kier alpha value is -1.70. The van der Waals surface area contributed by atoms with E-state index in [9.17, 15) is 9.59 Å². The normalized spacial score (nSPS) is 17.1. The van der Waals surface area contributed by atoms with Gasteiger partial charge in [-0.15, -0.1) is 22.7 Å². The average molecular weight is 392 g/mol. The van der Waals surface area contributed by atoms with Crippen molar-refractivity contribution in [2.75, 3.05) is 19.6 Å². The van der Waals surface area contributed by atoms with Crippen molar-refractivity contribution in [1.82, 2.24) is 15.5 Å². The average Bonchev–Trinajstić information content (AvgIpc) is 3.25. The minimum atomic E-state index is -0.406. The molecule has 7 heteroatoms. The number of amides is 3. The summed E-state index contributed by atoms with van der Waals surface area (Å²) in [4.78, 5) is 29.1. The molecular formula is C19H25N3O2S2. The molecule has 1 aliphatic heterocycles. The molecule has 2 N–H and O–H groups in total. The molecule has 2 aromatic heterocycles. The number of carbonyl (C=O) groups is 2. The van der Waals surface area contributed by atoms with Crippen LogP contribution in [0.5, 0.6) is 0 Å². The van der Waals surface area contributed by atoms with Gasteiger partial charge in [-0.2, -0.15) is 0 Å². The number of imide groups is 1. The van der Waals surface area contributed by atoms with Crippen molar-refractivity contribution >= 4 is 34.6 Å². The lowest BCUT2D eigenvalue weighted by Gasteiger charge is -2.34. The van der Waals surface area contributed by atoms with E-state index in [1.807, 2.05) is 6.07 Å². The Bertz CT molecular complexity index is 740. The van der Waals surface area contributed by atoms with E-state index >= 15 is 0 Å². The Labute approximate surface area is 162 Å². The molecule has 26 heavy (non-hydrogen) atoms. The van der Waals surface area contributed by atoms with Crippen LogP contribution in [0.2, 0.25) is 0 Å². The van der Waals surface area contributed by atoms with Gasteiger partial charge < -0.3 is 5.32 Å². The minimum Gasteiger partial charge on any atom is -0.338 e. The van der Waals surface area contributed by atoms with Gasteiger partial charge in [0.1, 0.15) is 0 Å². The lowest BCUT2D eigenvalue weighted by molar-refractivity contribution is -0.121. The fourth-order valence-electron chi connectivity index (χ4n) is 3.19. The Morgan fingerprint density at radius 2 is 2.12 bits per heavy atom. The molecule has 3 rings (SSSR count). The lowest BCUT2D eigenvalue weighted by atomic mass is 9.98. The summed E-state index contributed by atoms with van der Waals surface area (Å²) in [5.41, 5.74) is 1.29. The standard InChI is InChI=1S/C19H25N3O2S2/c1-13(2)5-8-20-19(24)21-17(23)12-22-9-6-15-14(7-11-26-15)18(22)16-4-3-10-25-16/h3-4,7,10-11,13,18H,5-6,8-9,12H2,1-2H3,(H2,20,21,23,24)/t18-/m0/s1. The van der Waals surface area contributed by atoms with Crippen molar-refractivity contribution in [3.63, 3.8) is 0 Å². The summed E-state index contributed by atoms with van der Waals surface area (Å²) in [5, 5.41) is 9.39. The molecule has 2 aromatic rings. The first-order chi connectivity index (χ1) is 12.5. The molecule has 1 atom stereocenters. The minimum absolute atomic E-state index is 0.0970. The first-order valence-electron chi connectivity index (χ1n) is 8.96. The van der Waals surface area contributed by atoms with Crippen LogP contribution in [0.25, 0.3) is 0 Å². The number of carbonyl (C=O) groups excluding carboxylic acids is 2. The molecular weight excluding hydrogens is 366 g/mol. The molecule has 0 saturated carbocycles. The predicted molar refractivity (Wildman–Crippen MR) is 107 cm³/mol. The molecule has 0 unspecified atom stereocenters. The van der Waals surface area contributed by atoms with E-state index < -0.39 is 6.03 Å². The Morgan fingerprint density at radius 3 is 2.85 bits per heavy atom. The van der Waals surface area contributed by atoms with Gasteiger partial charge in [0.15, 0.2) is 0 Å². The third kappa shape index (κ3) is 4.72. The van der Waals surface area contributed by atoms with Gasteiger partial charge in [0.2, 0.25) is 5.91 Å². The van der Waals surface area contributed by atoms with Crippen molar-refractivity contribution < 1.29 is 9.59 Å². The number of thiophene rings is 2. The van der Waals surface area contributed by atoms with E-state index in [1.165, 1.54) is 15.3 Å². The third-order valence-corrected chi connectivity index (χ3v) is 6.41. The van der Waals surface area contributed by atoms with Gasteiger partial charge in [-0.05, 0) is 47.2 Å². The summed E-state index contributed by atoms with van der Waals surface area (Å²) in [7, 11) is 0. The lowest BCUT2D eigenvalue weighted by Crippen LogP contribution is -2.47. The molecule has 0 fully saturated rings. The molecule has 0 radical (unpaired) electrons. The van der Waals surface area contributed by atoms with Gasteiger partial charge in [0, 0.05) is 22.8 Å². The Balaban J connectivity index is 1.61. The van der Waals surface area contributed by atoms with Crippen LogP contribution in [0.4, 0.5) is 4.79 Å². The number of fused-ring (bicyclic) bond motifs is 1. The van der Waals surface area contributed by atoms with Crippen molar-refractivity contribution in [3.05, 3.63) is 44.3 Å². The highest BCUT2D eigenvalue weighted by atomic mass is 32.1. The summed E-state index contributed by atoms with van der Waals surface area (Å²) in [5.74, 6) is 0.262. The van der Waals surface area contributed by atoms with Crippen LogP contribution in [0.3, 0.4) is 0 Å². The molecule has 0 bridgehead atoms. The summed E-state index contributed by atoms with van der Waals surface area (Å²) in [6.45, 7) is 5.82. The second kappa shape index (κ2) is 8.79. The van der Waals surface area contributed by atoms with Crippen LogP contribution in [0, 0.1) is 5.92 Å². The molecule has 140 valence electrons. The topological polar surface area (TPSA) is 61.4 Å². The van der Waals surface area contributed by atoms with Crippen molar-refractivity contribution in [2.45, 2.75) is 32.7 Å². The quantitative estimate of drug-likeness (QED) is 0.790. The van der Waals surface area contributed by atoms with Gasteiger partial charge in [0.05, 0.1) is 12.6 Å². The maximum Gasteiger partial charge on any atom is 0.321 e. The predicted octanol–water partition coefficient (Wildman–Crippen LogP) is 3.63. The SMILES string of the molecule is CC(C)CCNC(=O)NC(=O)CN1CCc2sccc2[C@H]1c1cccs1. The Kier molecular flexibility index (Phi) is 6.45. The van der Waals surface area contributed by atoms with E-state index in [4.69, 9.17) is 0 Å². The molecule has 0 saturated heterocycles. The molecule has 3 amide bonds. The molecule has 0 aliphatic carbocycles. The monoisotopic (exact) mass is 391 g/mol. The zero-order chi connectivity index (χ0) is 18.5. The van der Waals surface area contributed by atoms with E-state index in [1.54, 1.807) is 22.7 Å². The highest BCUT2D eigenvalue weighted by Crippen LogP contribution is 2.39. The molecule has 1 aliphatic rings. The fraction of sp³-hybridized carbons (Fsp3) is 0.474. The molecule has 5 nitrogen and oxygen atoms in total. The van der Waals surface area contributed by atoms with Crippen LogP contribution in [-0.2, 0) is 11.2 Å². The van der Waals surface area contributed by atoms with Crippen LogP contribution in [-0.4, -0.2) is 36.5 Å². The zero-order valence-electron chi connectivity index (χ0n) is 15.2. The molecule has 0 spiro atoms. The maximum atomic E-state index is 12.4. The highest BCUT2D eigenvalue weighted by Gasteiger charge is 2.31. The number of hydrogen-bond donors (Lipinski definition) is 2. The smallest absolute Gasteiger partial charge is 0.321 e. The van der Waals surface area contributed by atoms with Gasteiger partial charge in [-0.3, -0.25) is 15.0 Å². The van der Waals surface area contributed by atoms with E-state index in [0.717, 1.165) is 19.4 Å². The van der Waals surface area contributed by atoms with Gasteiger partial charge in [-0.1, -0.05) is 19.9 Å². The van der Waals surface area contributed by atoms with Gasteiger partial charge >= 0.3 is 6.03 Å². The van der Waals surface area contributed by atoms with Crippen molar-refractivity contribution in [2.24, 2.45) is 5.92 Å². The molecule has 3 heterocycles. The number of nitrogens with zero attached hydrogens (tertiary/aromatic N) is 1. The Morgan fingerprint density at radius 1 is 1.27 bits per heavy atom. The van der Waals surface area contributed by atoms with Crippen molar-refractivity contribution in [3.8, 4) is 0 Å². The second-order valence-electron chi connectivity index (χ2n) is 6.92. The number of urea groups is 1. The van der Waals surface area contributed by atoms with Gasteiger partial charge in [0.25, 0.3) is 0 Å². The highest BCUT2D eigenvalue weighted by molar-refractivity contribution is 7.10. The van der Waals surface area contributed by atoms with Crippen LogP contribution < -0.4 is 10.6 Å². The van der Waals surface area contributed by atoms with E-state index in [-0.39, 0.29) is 18.5 Å². The second-order valence-corrected chi connectivity index (χ2v) is 8.90. The number of rotatable bonds is 6. The fourth-order valence-corrected chi connectivity index (χ4v) is 4.97. The first-order valence-corrected chi connectivity index (χ1v) is 10.7. The molecule has 0 aromatic carbocycles. The van der Waals surface area contributed by atoms with Crippen LogP contribution in [0.1, 0.15) is 41.6 Å². The maximum absolute atomic E-state index is 12.4. The first kappa shape index (κ1) is 19.1.